The Morgan fingerprint density at radius 2 is 1.50 bits per heavy atom. The lowest BCUT2D eigenvalue weighted by Crippen LogP contribution is -3.00. The topological polar surface area (TPSA) is 160 Å². The molecule has 4 rings (SSSR count). The number of hydrogen-bond acceptors (Lipinski definition) is 6. The molecule has 4 amide bonds. The van der Waals surface area contributed by atoms with E-state index in [1.165, 1.54) is 0 Å². The Hall–Kier alpha value is -3.18. The molecule has 230 valence electrons. The van der Waals surface area contributed by atoms with E-state index in [4.69, 9.17) is 11.5 Å². The molecule has 2 heterocycles. The molecule has 0 unspecified atom stereocenters. The summed E-state index contributed by atoms with van der Waals surface area (Å²) in [6.45, 7) is 1.82. The van der Waals surface area contributed by atoms with Crippen LogP contribution in [-0.4, -0.2) is 65.8 Å². The molecule has 0 bridgehead atoms. The predicted octanol–water partition coefficient (Wildman–Crippen LogP) is -5.03. The van der Waals surface area contributed by atoms with Crippen molar-refractivity contribution in [1.29, 1.82) is 0 Å². The molecule has 42 heavy (non-hydrogen) atoms. The van der Waals surface area contributed by atoms with Crippen LogP contribution in [0.2, 0.25) is 0 Å². The van der Waals surface area contributed by atoms with Gasteiger partial charge in [-0.25, -0.2) is 0 Å². The van der Waals surface area contributed by atoms with E-state index in [1.54, 1.807) is 11.8 Å². The molecule has 0 radical (unpaired) electrons. The highest BCUT2D eigenvalue weighted by Crippen LogP contribution is 2.34. The number of halogens is 2. The van der Waals surface area contributed by atoms with Crippen molar-refractivity contribution in [2.24, 2.45) is 17.4 Å². The molecule has 12 heteroatoms. The molecule has 2 fully saturated rings. The molecule has 7 N–H and O–H groups in total. The van der Waals surface area contributed by atoms with Crippen molar-refractivity contribution >= 4 is 23.6 Å². The van der Waals surface area contributed by atoms with Gasteiger partial charge in [0.25, 0.3) is 0 Å². The van der Waals surface area contributed by atoms with E-state index in [1.807, 2.05) is 60.7 Å². The fourth-order valence-corrected chi connectivity index (χ4v) is 5.74. The van der Waals surface area contributed by atoms with Gasteiger partial charge >= 0.3 is 0 Å². The van der Waals surface area contributed by atoms with Gasteiger partial charge in [0.05, 0.1) is 18.6 Å². The molecule has 0 aliphatic carbocycles. The number of carbonyl (C=O) groups is 4. The summed E-state index contributed by atoms with van der Waals surface area (Å²) >= 11 is 0. The summed E-state index contributed by atoms with van der Waals surface area (Å²) in [4.78, 5) is 54.3. The first-order valence-electron chi connectivity index (χ1n) is 14.1. The van der Waals surface area contributed by atoms with Gasteiger partial charge in [0.2, 0.25) is 23.6 Å². The maximum Gasteiger partial charge on any atom is 0.246 e. The molecule has 2 aromatic carbocycles. The second kappa shape index (κ2) is 16.5. The molecule has 0 saturated carbocycles. The quantitative estimate of drug-likeness (QED) is 0.179. The highest BCUT2D eigenvalue weighted by Gasteiger charge is 2.48. The number of carbonyl (C=O) groups excluding carboxylic acids is 4. The largest absolute Gasteiger partial charge is 1.00 e. The van der Waals surface area contributed by atoms with Crippen LogP contribution in [0.4, 0.5) is 0 Å². The maximum atomic E-state index is 14.1. The van der Waals surface area contributed by atoms with Crippen LogP contribution in [0.15, 0.2) is 60.7 Å². The number of nitrogens with zero attached hydrogens (tertiary/aromatic N) is 1. The fourth-order valence-electron chi connectivity index (χ4n) is 5.74. The third kappa shape index (κ3) is 8.22. The van der Waals surface area contributed by atoms with Gasteiger partial charge < -0.3 is 57.1 Å². The second-order valence-corrected chi connectivity index (χ2v) is 10.6. The lowest BCUT2D eigenvalue weighted by atomic mass is 9.92. The van der Waals surface area contributed by atoms with Crippen LogP contribution >= 0.6 is 0 Å². The monoisotopic (exact) mass is 618 g/mol. The zero-order valence-corrected chi connectivity index (χ0v) is 25.2. The summed E-state index contributed by atoms with van der Waals surface area (Å²) in [6, 6.07) is 16.6. The SMILES string of the molecule is CC[C@H](N)C(=O)N[C@@H]1C(=O)N2[C@@H](CC[C@@H]1CNC(=O)CN)CC[C@H]2C(=O)NC(c1ccccc1)c1ccccc1.[Cl-].[Cl-]. The Bertz CT molecular complexity index is 1150. The minimum Gasteiger partial charge on any atom is -1.00 e. The molecular weight excluding hydrogens is 579 g/mol. The van der Waals surface area contributed by atoms with Crippen LogP contribution in [0.5, 0.6) is 0 Å². The van der Waals surface area contributed by atoms with Crippen LogP contribution in [0.1, 0.15) is 56.2 Å². The first kappa shape index (κ1) is 35.0. The van der Waals surface area contributed by atoms with Crippen molar-refractivity contribution in [3.8, 4) is 0 Å². The van der Waals surface area contributed by atoms with E-state index in [2.05, 4.69) is 16.0 Å². The van der Waals surface area contributed by atoms with Crippen LogP contribution in [0.3, 0.4) is 0 Å². The van der Waals surface area contributed by atoms with Gasteiger partial charge in [-0.3, -0.25) is 19.2 Å². The van der Waals surface area contributed by atoms with Crippen molar-refractivity contribution in [2.75, 3.05) is 13.1 Å². The van der Waals surface area contributed by atoms with E-state index in [0.29, 0.717) is 32.1 Å². The number of nitrogens with one attached hydrogen (secondary N) is 3. The predicted molar refractivity (Wildman–Crippen MR) is 152 cm³/mol. The number of benzene rings is 2. The summed E-state index contributed by atoms with van der Waals surface area (Å²) in [7, 11) is 0. The molecule has 10 nitrogen and oxygen atoms in total. The molecule has 2 saturated heterocycles. The van der Waals surface area contributed by atoms with Gasteiger partial charge in [-0.15, -0.1) is 0 Å². The number of hydrogen-bond donors (Lipinski definition) is 5. The highest BCUT2D eigenvalue weighted by atomic mass is 35.5. The van der Waals surface area contributed by atoms with E-state index in [-0.39, 0.29) is 73.6 Å². The molecule has 2 aromatic rings. The average molecular weight is 620 g/mol. The highest BCUT2D eigenvalue weighted by molar-refractivity contribution is 5.94. The van der Waals surface area contributed by atoms with E-state index in [9.17, 15) is 19.2 Å². The fraction of sp³-hybridized carbons (Fsp3) is 0.467. The van der Waals surface area contributed by atoms with E-state index >= 15 is 0 Å². The zero-order chi connectivity index (χ0) is 28.6. The maximum absolute atomic E-state index is 14.1. The van der Waals surface area contributed by atoms with Gasteiger partial charge in [-0.05, 0) is 43.2 Å². The third-order valence-electron chi connectivity index (χ3n) is 8.04. The molecule has 0 aromatic heterocycles. The summed E-state index contributed by atoms with van der Waals surface area (Å²) in [5.41, 5.74) is 13.3. The van der Waals surface area contributed by atoms with Crippen LogP contribution < -0.4 is 52.2 Å². The lowest BCUT2D eigenvalue weighted by Gasteiger charge is -2.33. The number of nitrogens with two attached hydrogens (primary N) is 2. The Morgan fingerprint density at radius 3 is 2.05 bits per heavy atom. The second-order valence-electron chi connectivity index (χ2n) is 10.6. The number of rotatable bonds is 10. The standard InChI is InChI=1S/C30H40N6O4.2ClH/c1-2-23(32)28(38)35-27-21(18-33-25(37)17-31)13-14-22-15-16-24(36(22)30(27)40)29(39)34-26(19-9-5-3-6-10-19)20-11-7-4-8-12-20;;/h3-12,21-24,26-27H,2,13-18,31-32H2,1H3,(H,33,37)(H,34,39)(H,35,38);2*1H/p-2/t21-,22+,23+,24+,27+;;/m1../s1. The minimum absolute atomic E-state index is 0. The van der Waals surface area contributed by atoms with Gasteiger partial charge in [0, 0.05) is 18.5 Å². The molecule has 5 atom stereocenters. The van der Waals surface area contributed by atoms with Gasteiger partial charge in [0.15, 0.2) is 0 Å². The van der Waals surface area contributed by atoms with Crippen molar-refractivity contribution in [3.05, 3.63) is 71.8 Å². The van der Waals surface area contributed by atoms with Crippen molar-refractivity contribution in [2.45, 2.75) is 69.2 Å². The van der Waals surface area contributed by atoms with Crippen LogP contribution in [0.25, 0.3) is 0 Å². The van der Waals surface area contributed by atoms with Crippen molar-refractivity contribution < 1.29 is 44.0 Å². The molecular formula is C30H40Cl2N6O4-2. The first-order valence-corrected chi connectivity index (χ1v) is 14.1. The Morgan fingerprint density at radius 1 is 0.929 bits per heavy atom. The molecule has 2 aliphatic rings. The number of fused-ring (bicyclic) bond motifs is 1. The van der Waals surface area contributed by atoms with Gasteiger partial charge in [-0.2, -0.15) is 0 Å². The van der Waals surface area contributed by atoms with E-state index < -0.39 is 24.0 Å². The third-order valence-corrected chi connectivity index (χ3v) is 8.04. The van der Waals surface area contributed by atoms with Gasteiger partial charge in [-0.1, -0.05) is 67.6 Å². The summed E-state index contributed by atoms with van der Waals surface area (Å²) < 4.78 is 0. The normalized spacial score (nSPS) is 22.1. The Labute approximate surface area is 259 Å². The Balaban J connectivity index is 0.00000308. The minimum atomic E-state index is -0.916. The molecule has 0 spiro atoms. The summed E-state index contributed by atoms with van der Waals surface area (Å²) in [5.74, 6) is -1.68. The van der Waals surface area contributed by atoms with Crippen LogP contribution in [-0.2, 0) is 19.2 Å². The number of amides is 4. The first-order chi connectivity index (χ1) is 19.3. The van der Waals surface area contributed by atoms with Crippen molar-refractivity contribution in [3.63, 3.8) is 0 Å². The average Bonchev–Trinajstić information content (AvgIpc) is 3.37. The van der Waals surface area contributed by atoms with Gasteiger partial charge in [0.1, 0.15) is 12.1 Å². The zero-order valence-electron chi connectivity index (χ0n) is 23.7. The molecule has 2 aliphatic heterocycles. The Kier molecular flexibility index (Phi) is 13.7. The van der Waals surface area contributed by atoms with Crippen molar-refractivity contribution in [1.82, 2.24) is 20.9 Å². The summed E-state index contributed by atoms with van der Waals surface area (Å²) in [6.07, 6.45) is 2.88. The van der Waals surface area contributed by atoms with E-state index in [0.717, 1.165) is 11.1 Å². The van der Waals surface area contributed by atoms with Crippen LogP contribution in [0, 0.1) is 5.92 Å². The summed E-state index contributed by atoms with van der Waals surface area (Å²) in [5, 5.41) is 8.81. The smallest absolute Gasteiger partial charge is 0.246 e. The lowest BCUT2D eigenvalue weighted by molar-refractivity contribution is -0.143.